The fraction of sp³-hybridized carbons (Fsp3) is 0. The molecule has 0 aliphatic heterocycles. The van der Waals surface area contributed by atoms with Crippen molar-refractivity contribution in [2.24, 2.45) is 0 Å². The van der Waals surface area contributed by atoms with Crippen molar-refractivity contribution in [1.29, 1.82) is 5.26 Å². The number of hydrogen-bond donors (Lipinski definition) is 1. The molecular weight excluding hydrogens is 176 g/mol. The first-order valence-corrected chi connectivity index (χ1v) is 4.18. The fourth-order valence-electron chi connectivity index (χ4n) is 1.33. The summed E-state index contributed by atoms with van der Waals surface area (Å²) in [6.07, 6.45) is 3.63. The van der Waals surface area contributed by atoms with Gasteiger partial charge in [-0.1, -0.05) is 6.07 Å². The van der Waals surface area contributed by atoms with Crippen molar-refractivity contribution in [2.45, 2.75) is 0 Å². The molecule has 2 rings (SSSR count). The summed E-state index contributed by atoms with van der Waals surface area (Å²) < 4.78 is 1.76. The van der Waals surface area contributed by atoms with E-state index in [0.29, 0.717) is 5.69 Å². The van der Waals surface area contributed by atoms with Gasteiger partial charge in [0.05, 0.1) is 11.3 Å². The summed E-state index contributed by atoms with van der Waals surface area (Å²) in [6, 6.07) is 10.7. The average molecular weight is 184 g/mol. The summed E-state index contributed by atoms with van der Waals surface area (Å²) in [5, 5.41) is 18.4. The van der Waals surface area contributed by atoms with Gasteiger partial charge in [-0.15, -0.1) is 0 Å². The molecule has 68 valence electrons. The van der Waals surface area contributed by atoms with E-state index in [1.54, 1.807) is 22.8 Å². The number of rotatable bonds is 1. The lowest BCUT2D eigenvalue weighted by Gasteiger charge is -2.06. The number of nitriles is 1. The Morgan fingerprint density at radius 3 is 2.50 bits per heavy atom. The second-order valence-electron chi connectivity index (χ2n) is 2.88. The molecule has 0 amide bonds. The van der Waals surface area contributed by atoms with E-state index >= 15 is 0 Å². The Labute approximate surface area is 81.5 Å². The topological polar surface area (TPSA) is 49.0 Å². The molecule has 1 aromatic heterocycles. The molecule has 0 unspecified atom stereocenters. The van der Waals surface area contributed by atoms with E-state index in [-0.39, 0.29) is 11.3 Å². The minimum atomic E-state index is 0.0196. The van der Waals surface area contributed by atoms with Gasteiger partial charge in [-0.25, -0.2) is 0 Å². The molecule has 1 N–H and O–H groups in total. The van der Waals surface area contributed by atoms with Gasteiger partial charge in [-0.2, -0.15) is 5.26 Å². The van der Waals surface area contributed by atoms with Crippen molar-refractivity contribution < 1.29 is 5.11 Å². The highest BCUT2D eigenvalue weighted by molar-refractivity contribution is 5.55. The Kier molecular flexibility index (Phi) is 1.96. The standard InChI is InChI=1S/C11H8N2O/c12-8-9-4-3-5-10(11(9)14)13-6-1-2-7-13/h1-7,14H. The molecule has 3 heteroatoms. The van der Waals surface area contributed by atoms with Gasteiger partial charge < -0.3 is 9.67 Å². The third-order valence-electron chi connectivity index (χ3n) is 2.02. The molecular formula is C11H8N2O. The van der Waals surface area contributed by atoms with Gasteiger partial charge >= 0.3 is 0 Å². The predicted molar refractivity (Wildman–Crippen MR) is 52.1 cm³/mol. The molecule has 0 bridgehead atoms. The summed E-state index contributed by atoms with van der Waals surface area (Å²) in [5.41, 5.74) is 0.908. The monoisotopic (exact) mass is 184 g/mol. The van der Waals surface area contributed by atoms with Crippen LogP contribution in [0.25, 0.3) is 5.69 Å². The van der Waals surface area contributed by atoms with Crippen LogP contribution in [0.15, 0.2) is 42.7 Å². The van der Waals surface area contributed by atoms with Gasteiger partial charge in [-0.05, 0) is 24.3 Å². The van der Waals surface area contributed by atoms with Crippen LogP contribution in [0.4, 0.5) is 0 Å². The number of phenolic OH excluding ortho intramolecular Hbond substituents is 1. The minimum absolute atomic E-state index is 0.0196. The lowest BCUT2D eigenvalue weighted by molar-refractivity contribution is 0.470. The SMILES string of the molecule is N#Cc1cccc(-n2cccc2)c1O. The summed E-state index contributed by atoms with van der Waals surface area (Å²) in [6.45, 7) is 0. The number of benzene rings is 1. The first-order chi connectivity index (χ1) is 6.83. The van der Waals surface area contributed by atoms with E-state index in [2.05, 4.69) is 0 Å². The zero-order valence-corrected chi connectivity index (χ0v) is 7.38. The van der Waals surface area contributed by atoms with E-state index in [1.807, 2.05) is 30.6 Å². The van der Waals surface area contributed by atoms with Crippen LogP contribution >= 0.6 is 0 Å². The van der Waals surface area contributed by atoms with E-state index < -0.39 is 0 Å². The smallest absolute Gasteiger partial charge is 0.157 e. The minimum Gasteiger partial charge on any atom is -0.504 e. The van der Waals surface area contributed by atoms with Crippen LogP contribution in [0.3, 0.4) is 0 Å². The fourth-order valence-corrected chi connectivity index (χ4v) is 1.33. The average Bonchev–Trinajstić information content (AvgIpc) is 2.71. The maximum absolute atomic E-state index is 9.72. The van der Waals surface area contributed by atoms with Crippen molar-refractivity contribution in [2.75, 3.05) is 0 Å². The zero-order valence-electron chi connectivity index (χ0n) is 7.38. The Morgan fingerprint density at radius 1 is 1.14 bits per heavy atom. The van der Waals surface area contributed by atoms with Crippen molar-refractivity contribution in [3.63, 3.8) is 0 Å². The van der Waals surface area contributed by atoms with Crippen LogP contribution < -0.4 is 0 Å². The second kappa shape index (κ2) is 3.27. The van der Waals surface area contributed by atoms with Crippen molar-refractivity contribution in [1.82, 2.24) is 4.57 Å². The van der Waals surface area contributed by atoms with E-state index in [0.717, 1.165) is 0 Å². The lowest BCUT2D eigenvalue weighted by Crippen LogP contribution is -1.91. The van der Waals surface area contributed by atoms with Gasteiger partial charge in [0.15, 0.2) is 5.75 Å². The molecule has 0 saturated heterocycles. The van der Waals surface area contributed by atoms with Crippen LogP contribution in [0.2, 0.25) is 0 Å². The molecule has 0 aliphatic rings. The summed E-state index contributed by atoms with van der Waals surface area (Å²) in [4.78, 5) is 0. The van der Waals surface area contributed by atoms with Gasteiger partial charge in [0.1, 0.15) is 6.07 Å². The Morgan fingerprint density at radius 2 is 1.86 bits per heavy atom. The van der Waals surface area contributed by atoms with Crippen LogP contribution in [0.1, 0.15) is 5.56 Å². The van der Waals surface area contributed by atoms with Crippen molar-refractivity contribution in [3.8, 4) is 17.5 Å². The number of phenols is 1. The maximum atomic E-state index is 9.72. The number of aromatic nitrogens is 1. The molecule has 0 spiro atoms. The molecule has 1 heterocycles. The van der Waals surface area contributed by atoms with Gasteiger partial charge in [-0.3, -0.25) is 0 Å². The number of aromatic hydroxyl groups is 1. The maximum Gasteiger partial charge on any atom is 0.157 e. The van der Waals surface area contributed by atoms with Gasteiger partial charge in [0, 0.05) is 12.4 Å². The van der Waals surface area contributed by atoms with E-state index in [1.165, 1.54) is 0 Å². The summed E-state index contributed by atoms with van der Waals surface area (Å²) >= 11 is 0. The Hall–Kier alpha value is -2.21. The largest absolute Gasteiger partial charge is 0.504 e. The quantitative estimate of drug-likeness (QED) is 0.737. The van der Waals surface area contributed by atoms with Crippen LogP contribution in [0, 0.1) is 11.3 Å². The molecule has 0 radical (unpaired) electrons. The summed E-state index contributed by atoms with van der Waals surface area (Å²) in [5.74, 6) is 0.0196. The highest BCUT2D eigenvalue weighted by atomic mass is 16.3. The molecule has 0 saturated carbocycles. The van der Waals surface area contributed by atoms with Crippen LogP contribution in [-0.4, -0.2) is 9.67 Å². The van der Waals surface area contributed by atoms with Crippen molar-refractivity contribution in [3.05, 3.63) is 48.3 Å². The molecule has 1 aromatic carbocycles. The molecule has 2 aromatic rings. The highest BCUT2D eigenvalue weighted by Gasteiger charge is 2.06. The van der Waals surface area contributed by atoms with E-state index in [4.69, 9.17) is 5.26 Å². The third kappa shape index (κ3) is 1.23. The van der Waals surface area contributed by atoms with Crippen molar-refractivity contribution >= 4 is 0 Å². The Bertz CT molecular complexity index is 480. The number of para-hydroxylation sites is 1. The normalized spacial score (nSPS) is 9.64. The first-order valence-electron chi connectivity index (χ1n) is 4.18. The third-order valence-corrected chi connectivity index (χ3v) is 2.02. The van der Waals surface area contributed by atoms with Crippen LogP contribution in [0.5, 0.6) is 5.75 Å². The first kappa shape index (κ1) is 8.39. The number of hydrogen-bond acceptors (Lipinski definition) is 2. The Balaban J connectivity index is 2.61. The van der Waals surface area contributed by atoms with Crippen LogP contribution in [-0.2, 0) is 0 Å². The lowest BCUT2D eigenvalue weighted by atomic mass is 10.2. The molecule has 0 fully saturated rings. The second-order valence-corrected chi connectivity index (χ2v) is 2.88. The molecule has 3 nitrogen and oxygen atoms in total. The highest BCUT2D eigenvalue weighted by Crippen LogP contribution is 2.25. The molecule has 0 atom stereocenters. The summed E-state index contributed by atoms with van der Waals surface area (Å²) in [7, 11) is 0. The van der Waals surface area contributed by atoms with E-state index in [9.17, 15) is 5.11 Å². The van der Waals surface area contributed by atoms with Gasteiger partial charge in [0.2, 0.25) is 0 Å². The van der Waals surface area contributed by atoms with Gasteiger partial charge in [0.25, 0.3) is 0 Å². The predicted octanol–water partition coefficient (Wildman–Crippen LogP) is 2.05. The number of nitrogens with zero attached hydrogens (tertiary/aromatic N) is 2. The molecule has 14 heavy (non-hydrogen) atoms. The molecule has 0 aliphatic carbocycles. The zero-order chi connectivity index (χ0) is 9.97.